The van der Waals surface area contributed by atoms with Gasteiger partial charge < -0.3 is 5.73 Å². The topological polar surface area (TPSA) is 69.2 Å². The molecule has 0 aromatic rings. The maximum absolute atomic E-state index is 10.5. The summed E-state index contributed by atoms with van der Waals surface area (Å²) >= 11 is 11.9. The number of halogens is 2. The zero-order valence-electron chi connectivity index (χ0n) is 7.75. The second-order valence-electron chi connectivity index (χ2n) is 3.60. The highest BCUT2D eigenvalue weighted by Crippen LogP contribution is 2.40. The van der Waals surface area contributed by atoms with Gasteiger partial charge in [0.1, 0.15) is 0 Å². The van der Waals surface area contributed by atoms with Crippen LogP contribution in [0.5, 0.6) is 0 Å². The summed E-state index contributed by atoms with van der Waals surface area (Å²) in [5.74, 6) is 0. The SMILES string of the molecule is CC1(Cl)C=C([N+](=O)[O-])C=C(Cl)C1(C)N. The number of hydrogen-bond acceptors (Lipinski definition) is 3. The number of alkyl halides is 1. The highest BCUT2D eigenvalue weighted by Gasteiger charge is 2.46. The zero-order chi connectivity index (χ0) is 11.1. The molecule has 1 aliphatic carbocycles. The summed E-state index contributed by atoms with van der Waals surface area (Å²) in [5.41, 5.74) is 4.74. The number of nitrogens with zero attached hydrogens (tertiary/aromatic N) is 1. The molecular formula is C8H10Cl2N2O2. The lowest BCUT2D eigenvalue weighted by Crippen LogP contribution is -2.54. The van der Waals surface area contributed by atoms with Gasteiger partial charge in [-0.25, -0.2) is 0 Å². The van der Waals surface area contributed by atoms with Gasteiger partial charge in [0.15, 0.2) is 0 Å². The molecule has 0 aromatic heterocycles. The minimum Gasteiger partial charge on any atom is -0.319 e. The van der Waals surface area contributed by atoms with E-state index in [0.717, 1.165) is 0 Å². The van der Waals surface area contributed by atoms with Crippen molar-refractivity contribution in [1.29, 1.82) is 0 Å². The van der Waals surface area contributed by atoms with E-state index >= 15 is 0 Å². The maximum atomic E-state index is 10.5. The van der Waals surface area contributed by atoms with Gasteiger partial charge in [0, 0.05) is 17.2 Å². The van der Waals surface area contributed by atoms with Crippen LogP contribution < -0.4 is 5.73 Å². The Hall–Kier alpha value is -0.580. The predicted octanol–water partition coefficient (Wildman–Crippen LogP) is 2.00. The fourth-order valence-electron chi connectivity index (χ4n) is 1.09. The lowest BCUT2D eigenvalue weighted by molar-refractivity contribution is -0.419. The number of allylic oxidation sites excluding steroid dienone is 1. The number of nitro groups is 1. The van der Waals surface area contributed by atoms with Crippen molar-refractivity contribution < 1.29 is 4.92 Å². The highest BCUT2D eigenvalue weighted by molar-refractivity contribution is 6.34. The van der Waals surface area contributed by atoms with Gasteiger partial charge in [0.2, 0.25) is 0 Å². The monoisotopic (exact) mass is 236 g/mol. The van der Waals surface area contributed by atoms with E-state index in [1.807, 2.05) is 0 Å². The minimum atomic E-state index is -1.05. The Morgan fingerprint density at radius 1 is 1.57 bits per heavy atom. The van der Waals surface area contributed by atoms with E-state index in [4.69, 9.17) is 28.9 Å². The Bertz CT molecular complexity index is 345. The van der Waals surface area contributed by atoms with Crippen LogP contribution in [-0.4, -0.2) is 15.3 Å². The van der Waals surface area contributed by atoms with Crippen molar-refractivity contribution in [3.05, 3.63) is 33.0 Å². The lowest BCUT2D eigenvalue weighted by Gasteiger charge is -2.38. The summed E-state index contributed by atoms with van der Waals surface area (Å²) < 4.78 is 0. The molecule has 78 valence electrons. The first kappa shape index (κ1) is 11.5. The van der Waals surface area contributed by atoms with E-state index in [0.29, 0.717) is 0 Å². The molecule has 4 nitrogen and oxygen atoms in total. The van der Waals surface area contributed by atoms with Gasteiger partial charge in [-0.2, -0.15) is 0 Å². The Balaban J connectivity index is 3.25. The van der Waals surface area contributed by atoms with Crippen molar-refractivity contribution in [2.24, 2.45) is 5.73 Å². The first-order chi connectivity index (χ1) is 6.18. The molecule has 0 fully saturated rings. The lowest BCUT2D eigenvalue weighted by atomic mass is 9.82. The summed E-state index contributed by atoms with van der Waals surface area (Å²) in [7, 11) is 0. The van der Waals surface area contributed by atoms with Crippen LogP contribution in [0.1, 0.15) is 13.8 Å². The van der Waals surface area contributed by atoms with Crippen molar-refractivity contribution in [1.82, 2.24) is 0 Å². The average Bonchev–Trinajstić information content (AvgIpc) is 1.99. The maximum Gasteiger partial charge on any atom is 0.268 e. The Labute approximate surface area is 91.5 Å². The fourth-order valence-corrected chi connectivity index (χ4v) is 1.66. The molecule has 0 saturated heterocycles. The van der Waals surface area contributed by atoms with Gasteiger partial charge in [0.05, 0.1) is 15.3 Å². The quantitative estimate of drug-likeness (QED) is 0.430. The molecule has 0 aliphatic heterocycles. The molecule has 0 radical (unpaired) electrons. The van der Waals surface area contributed by atoms with E-state index in [1.54, 1.807) is 13.8 Å². The van der Waals surface area contributed by atoms with E-state index in [1.165, 1.54) is 12.2 Å². The molecule has 6 heteroatoms. The first-order valence-corrected chi connectivity index (χ1v) is 4.67. The number of nitrogens with two attached hydrogens (primary N) is 1. The second kappa shape index (κ2) is 3.22. The van der Waals surface area contributed by atoms with Crippen LogP contribution in [-0.2, 0) is 0 Å². The van der Waals surface area contributed by atoms with Crippen LogP contribution in [0.4, 0.5) is 0 Å². The van der Waals surface area contributed by atoms with Crippen molar-refractivity contribution in [2.45, 2.75) is 24.3 Å². The third kappa shape index (κ3) is 1.65. The van der Waals surface area contributed by atoms with Crippen molar-refractivity contribution in [3.8, 4) is 0 Å². The third-order valence-electron chi connectivity index (χ3n) is 2.42. The summed E-state index contributed by atoms with van der Waals surface area (Å²) in [6, 6.07) is 0. The second-order valence-corrected chi connectivity index (χ2v) is 4.79. The molecule has 0 spiro atoms. The number of rotatable bonds is 1. The largest absolute Gasteiger partial charge is 0.319 e. The fraction of sp³-hybridized carbons (Fsp3) is 0.500. The van der Waals surface area contributed by atoms with Crippen LogP contribution in [0, 0.1) is 10.1 Å². The standard InChI is InChI=1S/C8H10Cl2N2O2/c1-7(10)4-5(12(13)14)3-6(9)8(7,2)11/h3-4H,11H2,1-2H3. The Kier molecular flexibility index (Phi) is 2.65. The average molecular weight is 237 g/mol. The van der Waals surface area contributed by atoms with Gasteiger partial charge in [-0.3, -0.25) is 10.1 Å². The van der Waals surface area contributed by atoms with Crippen LogP contribution >= 0.6 is 23.2 Å². The molecule has 0 amide bonds. The van der Waals surface area contributed by atoms with Gasteiger partial charge >= 0.3 is 0 Å². The van der Waals surface area contributed by atoms with Gasteiger partial charge in [-0.15, -0.1) is 11.6 Å². The normalized spacial score (nSPS) is 37.5. The molecule has 2 N–H and O–H groups in total. The van der Waals surface area contributed by atoms with E-state index in [9.17, 15) is 10.1 Å². The molecule has 14 heavy (non-hydrogen) atoms. The van der Waals surface area contributed by atoms with Gasteiger partial charge in [-0.1, -0.05) is 11.6 Å². The number of hydrogen-bond donors (Lipinski definition) is 1. The van der Waals surface area contributed by atoms with Crippen molar-refractivity contribution >= 4 is 23.2 Å². The van der Waals surface area contributed by atoms with Crippen molar-refractivity contribution in [3.63, 3.8) is 0 Å². The molecule has 1 rings (SSSR count). The molecule has 1 aliphatic rings. The molecule has 0 bridgehead atoms. The van der Waals surface area contributed by atoms with Gasteiger partial charge in [0.25, 0.3) is 5.70 Å². The molecule has 0 aromatic carbocycles. The van der Waals surface area contributed by atoms with Gasteiger partial charge in [-0.05, 0) is 13.8 Å². The van der Waals surface area contributed by atoms with E-state index < -0.39 is 15.3 Å². The molecular weight excluding hydrogens is 227 g/mol. The van der Waals surface area contributed by atoms with Crippen LogP contribution in [0.15, 0.2) is 22.9 Å². The third-order valence-corrected chi connectivity index (χ3v) is 3.42. The van der Waals surface area contributed by atoms with E-state index in [-0.39, 0.29) is 10.7 Å². The van der Waals surface area contributed by atoms with Crippen molar-refractivity contribution in [2.75, 3.05) is 0 Å². The molecule has 0 saturated carbocycles. The first-order valence-electron chi connectivity index (χ1n) is 3.91. The predicted molar refractivity (Wildman–Crippen MR) is 55.9 cm³/mol. The van der Waals surface area contributed by atoms with Crippen LogP contribution in [0.25, 0.3) is 0 Å². The summed E-state index contributed by atoms with van der Waals surface area (Å²) in [6.45, 7) is 3.22. The Morgan fingerprint density at radius 3 is 2.43 bits per heavy atom. The molecule has 2 unspecified atom stereocenters. The van der Waals surface area contributed by atoms with Crippen LogP contribution in [0.2, 0.25) is 0 Å². The summed E-state index contributed by atoms with van der Waals surface area (Å²) in [5, 5.41) is 10.7. The van der Waals surface area contributed by atoms with E-state index in [2.05, 4.69) is 0 Å². The van der Waals surface area contributed by atoms with Crippen LogP contribution in [0.3, 0.4) is 0 Å². The zero-order valence-corrected chi connectivity index (χ0v) is 9.26. The minimum absolute atomic E-state index is 0.129. The Morgan fingerprint density at radius 2 is 2.07 bits per heavy atom. The highest BCUT2D eigenvalue weighted by atomic mass is 35.5. The molecule has 0 heterocycles. The summed E-state index contributed by atoms with van der Waals surface area (Å²) in [4.78, 5) is 8.94. The summed E-state index contributed by atoms with van der Waals surface area (Å²) in [6.07, 6.45) is 2.53. The smallest absolute Gasteiger partial charge is 0.268 e. The molecule has 2 atom stereocenters.